The van der Waals surface area contributed by atoms with Crippen LogP contribution in [0.4, 0.5) is 0 Å². The van der Waals surface area contributed by atoms with Gasteiger partial charge in [0.2, 0.25) is 0 Å². The summed E-state index contributed by atoms with van der Waals surface area (Å²) in [5.74, 6) is -8.14. The molecule has 24 nitrogen and oxygen atoms in total. The molecule has 4 fully saturated rings. The summed E-state index contributed by atoms with van der Waals surface area (Å²) in [5.41, 5.74) is 0. The zero-order chi connectivity index (χ0) is 44.6. The van der Waals surface area contributed by atoms with Crippen LogP contribution in [0, 0.1) is 24.2 Å². The molecule has 26 heteroatoms. The zero-order valence-electron chi connectivity index (χ0n) is 35.3. The van der Waals surface area contributed by atoms with Crippen LogP contribution >= 0.6 is 0 Å². The van der Waals surface area contributed by atoms with Gasteiger partial charge in [0.15, 0.2) is 31.1 Å². The molecule has 0 aromatic rings. The normalized spacial score (nSPS) is 41.5. The Morgan fingerprint density at radius 2 is 1.11 bits per heavy atom. The number of carbonyl (C=O) groups excluding carboxylic acids is 3. The third-order valence-electron chi connectivity index (χ3n) is 11.2. The van der Waals surface area contributed by atoms with Crippen LogP contribution in [0.5, 0.6) is 0 Å². The summed E-state index contributed by atoms with van der Waals surface area (Å²) in [4.78, 5) is 38.5. The molecule has 4 saturated heterocycles. The molecule has 4 aliphatic rings. The average Bonchev–Trinajstić information content (AvgIpc) is 3.23. The number of carboxylic acid groups (broad SMARTS) is 1. The van der Waals surface area contributed by atoms with Gasteiger partial charge in [-0.15, -0.1) is 5.92 Å². The van der Waals surface area contributed by atoms with Crippen molar-refractivity contribution in [1.29, 1.82) is 0 Å². The molecular weight excluding hydrogens is 862 g/mol. The molecule has 348 valence electrons. The number of methoxy groups -OCH3 is 2. The number of ether oxygens (including phenoxy) is 10. The van der Waals surface area contributed by atoms with E-state index in [4.69, 9.17) is 47.4 Å². The van der Waals surface area contributed by atoms with Gasteiger partial charge in [0, 0.05) is 38.4 Å². The summed E-state index contributed by atoms with van der Waals surface area (Å²) in [5, 5.41) is 116. The Hall–Kier alpha value is -0.310. The second-order valence-electron chi connectivity index (χ2n) is 15.0. The van der Waals surface area contributed by atoms with Crippen LogP contribution in [0.25, 0.3) is 0 Å². The van der Waals surface area contributed by atoms with Crippen molar-refractivity contribution in [1.82, 2.24) is 0 Å². The number of hydrogen-bond acceptors (Lipinski definition) is 24. The van der Waals surface area contributed by atoms with Crippen LogP contribution in [0.3, 0.4) is 0 Å². The summed E-state index contributed by atoms with van der Waals surface area (Å²) in [7, 11) is 2.37. The van der Waals surface area contributed by atoms with Crippen molar-refractivity contribution in [2.24, 2.45) is 17.8 Å². The molecule has 0 spiro atoms. The van der Waals surface area contributed by atoms with Gasteiger partial charge >= 0.3 is 65.1 Å². The fraction of sp³-hybridized carbons (Fsp3) is 0.889. The van der Waals surface area contributed by atoms with E-state index in [0.717, 1.165) is 13.5 Å². The first-order valence-electron chi connectivity index (χ1n) is 19.4. The molecule has 0 amide bonds. The minimum absolute atomic E-state index is 0. The third kappa shape index (κ3) is 13.7. The first-order valence-corrected chi connectivity index (χ1v) is 19.4. The number of carboxylic acids is 1. The fourth-order valence-corrected chi connectivity index (χ4v) is 7.65. The molecule has 0 radical (unpaired) electrons. The molecule has 9 unspecified atom stereocenters. The summed E-state index contributed by atoms with van der Waals surface area (Å²) < 4.78 is 55.3. The maximum Gasteiger partial charge on any atom is 1.00 e. The van der Waals surface area contributed by atoms with Gasteiger partial charge < -0.3 is 115 Å². The van der Waals surface area contributed by atoms with Gasteiger partial charge in [-0.1, -0.05) is 13.3 Å². The molecule has 10 N–H and O–H groups in total. The number of hydrogen-bond donors (Lipinski definition) is 10. The van der Waals surface area contributed by atoms with Crippen molar-refractivity contribution in [3.05, 3.63) is 6.42 Å². The van der Waals surface area contributed by atoms with Crippen molar-refractivity contribution in [3.63, 3.8) is 0 Å². The smallest absolute Gasteiger partial charge is 0.553 e. The van der Waals surface area contributed by atoms with Gasteiger partial charge in [-0.05, 0) is 6.92 Å². The molecule has 0 bridgehead atoms. The standard InChI is InChI=1S/C36H59O24.2Na/c1-13-17(9-38)54-36(59-28-16(8-37)25(46)34(52-4)55-18(28)10-39)32(23(13)44)58-22(43)7-15(33(49)50)5-6-21(42)57-31-27(48)35(56-20(12-41)30(31)51-3)60-29-19(11-40)53-14(2)24(45)26(29)47;;/h5,13-20,23-32,34-41,44-48H,6-12H2,1-4H3,(H,49,50);;/q-1;2*+1/p-1/t13-,14+,15?,16-,17?,18?,19?,20+,23+,24?,25?,26-,27?,28+,29-,30+,31?,32?,34-,35-,36+;;/m1../s1. The number of carbonyl (C=O) groups is 3. The van der Waals surface area contributed by atoms with Crippen molar-refractivity contribution in [3.8, 4) is 0 Å². The second-order valence-corrected chi connectivity index (χ2v) is 15.0. The monoisotopic (exact) mass is 920 g/mol. The van der Waals surface area contributed by atoms with E-state index in [2.05, 4.69) is 0 Å². The van der Waals surface area contributed by atoms with E-state index in [-0.39, 0.29) is 59.1 Å². The molecule has 21 atom stereocenters. The molecule has 4 aliphatic heterocycles. The van der Waals surface area contributed by atoms with Crippen molar-refractivity contribution in [2.75, 3.05) is 47.3 Å². The molecule has 62 heavy (non-hydrogen) atoms. The van der Waals surface area contributed by atoms with Crippen molar-refractivity contribution < 1.29 is 177 Å². The molecule has 0 aliphatic carbocycles. The number of aliphatic hydroxyl groups excluding tert-OH is 10. The molecule has 4 heterocycles. The van der Waals surface area contributed by atoms with E-state index in [1.165, 1.54) is 21.0 Å². The zero-order valence-corrected chi connectivity index (χ0v) is 39.3. The van der Waals surface area contributed by atoms with Gasteiger partial charge in [-0.3, -0.25) is 9.59 Å². The maximum absolute atomic E-state index is 13.3. The Bertz CT molecular complexity index is 1370. The SMILES string of the molecule is CO[C@@H]1OC(CO)[C@@H](O[C@@H]2OC(CO)[C@@H](C)[C@H](O)C2OC(=O)CC([CH-]CC(=O)OC2C(O)[C@@H](O[C@@H]3C(CO)O[C@@H](C)C(O)[C@H]3O)O[C@@H](CO)[C@@H]2OC)C(=O)[O-])[C@H](CO)C1O.[Na+].[Na+]. The van der Waals surface area contributed by atoms with Crippen LogP contribution in [0.2, 0.25) is 0 Å². The molecule has 0 saturated carbocycles. The van der Waals surface area contributed by atoms with Crippen LogP contribution in [-0.2, 0) is 61.8 Å². The van der Waals surface area contributed by atoms with E-state index in [1.54, 1.807) is 0 Å². The van der Waals surface area contributed by atoms with Gasteiger partial charge in [0.25, 0.3) is 5.97 Å². The second kappa shape index (κ2) is 26.9. The Kier molecular flexibility index (Phi) is 25.1. The number of aliphatic hydroxyl groups is 10. The van der Waals surface area contributed by atoms with Crippen LogP contribution in [0.1, 0.15) is 26.7 Å². The molecular formula is C36H58Na2O24. The Labute approximate surface area is 401 Å². The number of rotatable bonds is 19. The van der Waals surface area contributed by atoms with Crippen LogP contribution < -0.4 is 64.2 Å². The third-order valence-corrected chi connectivity index (χ3v) is 11.2. The van der Waals surface area contributed by atoms with E-state index < -0.39 is 192 Å². The van der Waals surface area contributed by atoms with Crippen LogP contribution in [0.15, 0.2) is 0 Å². The summed E-state index contributed by atoms with van der Waals surface area (Å²) >= 11 is 0. The summed E-state index contributed by atoms with van der Waals surface area (Å²) in [6.45, 7) is -0.565. The largest absolute Gasteiger partial charge is 1.00 e. The van der Waals surface area contributed by atoms with Crippen molar-refractivity contribution >= 4 is 17.9 Å². The average molecular weight is 921 g/mol. The molecule has 0 aromatic carbocycles. The summed E-state index contributed by atoms with van der Waals surface area (Å²) in [6.07, 6.45) is -27.0. The minimum Gasteiger partial charge on any atom is -0.553 e. The quantitative estimate of drug-likeness (QED) is 0.0327. The topological polar surface area (TPSA) is 369 Å². The fourth-order valence-electron chi connectivity index (χ4n) is 7.65. The first-order chi connectivity index (χ1) is 28.5. The Balaban J connectivity index is 0.00000661. The van der Waals surface area contributed by atoms with Gasteiger partial charge in [-0.2, -0.15) is 0 Å². The van der Waals surface area contributed by atoms with Gasteiger partial charge in [-0.25, -0.2) is 0 Å². The Morgan fingerprint density at radius 3 is 1.66 bits per heavy atom. The predicted octanol–water partition coefficient (Wildman–Crippen LogP) is -13.4. The van der Waals surface area contributed by atoms with Gasteiger partial charge in [0.1, 0.15) is 61.0 Å². The summed E-state index contributed by atoms with van der Waals surface area (Å²) in [6, 6.07) is 0. The van der Waals surface area contributed by atoms with Gasteiger partial charge in [0.05, 0.1) is 51.3 Å². The van der Waals surface area contributed by atoms with E-state index >= 15 is 0 Å². The Morgan fingerprint density at radius 1 is 0.581 bits per heavy atom. The molecule has 4 rings (SSSR count). The predicted molar refractivity (Wildman–Crippen MR) is 188 cm³/mol. The van der Waals surface area contributed by atoms with Crippen molar-refractivity contribution in [2.45, 2.75) is 137 Å². The molecule has 0 aromatic heterocycles. The van der Waals surface area contributed by atoms with E-state index in [1.807, 2.05) is 0 Å². The minimum atomic E-state index is -1.89. The number of aliphatic carboxylic acids is 1. The first kappa shape index (κ1) is 57.8. The maximum atomic E-state index is 13.3. The number of esters is 2. The van der Waals surface area contributed by atoms with E-state index in [9.17, 15) is 70.6 Å². The van der Waals surface area contributed by atoms with E-state index in [0.29, 0.717) is 0 Å². The van der Waals surface area contributed by atoms with Crippen LogP contribution in [-0.4, -0.2) is 227 Å².